The van der Waals surface area contributed by atoms with Crippen molar-refractivity contribution < 1.29 is 9.47 Å². The highest BCUT2D eigenvalue weighted by Gasteiger charge is 1.95. The molecule has 0 saturated heterocycles. The second-order valence-electron chi connectivity index (χ2n) is 3.96. The van der Waals surface area contributed by atoms with Gasteiger partial charge in [-0.15, -0.1) is 0 Å². The zero-order chi connectivity index (χ0) is 12.6. The lowest BCUT2D eigenvalue weighted by Gasteiger charge is -2.07. The summed E-state index contributed by atoms with van der Waals surface area (Å²) in [6, 6.07) is 17.5. The van der Waals surface area contributed by atoms with Crippen LogP contribution in [0.4, 0.5) is 5.69 Å². The molecule has 0 unspecified atom stereocenters. The molecule has 0 bridgehead atoms. The van der Waals surface area contributed by atoms with Crippen molar-refractivity contribution in [2.75, 3.05) is 18.9 Å². The quantitative estimate of drug-likeness (QED) is 0.626. The van der Waals surface area contributed by atoms with Gasteiger partial charge in [-0.1, -0.05) is 36.4 Å². The topological polar surface area (TPSA) is 44.5 Å². The van der Waals surface area contributed by atoms with E-state index in [1.807, 2.05) is 48.5 Å². The molecule has 3 heteroatoms. The van der Waals surface area contributed by atoms with Crippen molar-refractivity contribution in [3.8, 4) is 5.75 Å². The second kappa shape index (κ2) is 6.67. The van der Waals surface area contributed by atoms with E-state index in [-0.39, 0.29) is 0 Å². The maximum Gasteiger partial charge on any atom is 0.121 e. The van der Waals surface area contributed by atoms with Gasteiger partial charge in [-0.25, -0.2) is 0 Å². The Morgan fingerprint density at radius 1 is 0.889 bits per heavy atom. The summed E-state index contributed by atoms with van der Waals surface area (Å²) in [5, 5.41) is 0. The monoisotopic (exact) mass is 243 g/mol. The number of nitrogen functional groups attached to an aromatic ring is 1. The summed E-state index contributed by atoms with van der Waals surface area (Å²) in [5.74, 6) is 0.776. The minimum absolute atomic E-state index is 0.524. The summed E-state index contributed by atoms with van der Waals surface area (Å²) < 4.78 is 11.0. The zero-order valence-electron chi connectivity index (χ0n) is 10.2. The zero-order valence-corrected chi connectivity index (χ0v) is 10.2. The lowest BCUT2D eigenvalue weighted by atomic mass is 10.2. The van der Waals surface area contributed by atoms with Crippen LogP contribution in [0.25, 0.3) is 0 Å². The summed E-state index contributed by atoms with van der Waals surface area (Å²) in [6.45, 7) is 1.70. The Hall–Kier alpha value is -2.00. The van der Waals surface area contributed by atoms with E-state index in [4.69, 9.17) is 15.2 Å². The van der Waals surface area contributed by atoms with Crippen molar-refractivity contribution in [1.29, 1.82) is 0 Å². The lowest BCUT2D eigenvalue weighted by Crippen LogP contribution is -2.06. The van der Waals surface area contributed by atoms with Gasteiger partial charge in [0.05, 0.1) is 13.2 Å². The molecule has 0 saturated carbocycles. The number of hydrogen-bond acceptors (Lipinski definition) is 3. The van der Waals surface area contributed by atoms with Crippen molar-refractivity contribution in [3.05, 3.63) is 60.2 Å². The molecule has 2 rings (SSSR count). The maximum absolute atomic E-state index is 5.65. The first-order chi connectivity index (χ1) is 8.84. The van der Waals surface area contributed by atoms with Crippen LogP contribution in [0.1, 0.15) is 5.56 Å². The lowest BCUT2D eigenvalue weighted by molar-refractivity contribution is 0.0889. The van der Waals surface area contributed by atoms with Crippen LogP contribution in [0.15, 0.2) is 54.6 Å². The minimum atomic E-state index is 0.524. The Kier molecular flexibility index (Phi) is 4.61. The van der Waals surface area contributed by atoms with Crippen molar-refractivity contribution in [3.63, 3.8) is 0 Å². The molecule has 0 aliphatic carbocycles. The maximum atomic E-state index is 5.65. The van der Waals surface area contributed by atoms with Crippen LogP contribution >= 0.6 is 0 Å². The molecule has 0 radical (unpaired) electrons. The molecule has 0 fully saturated rings. The Bertz CT molecular complexity index is 471. The fraction of sp³-hybridized carbons (Fsp3) is 0.200. The third-order valence-corrected chi connectivity index (χ3v) is 2.47. The minimum Gasteiger partial charge on any atom is -0.491 e. The molecule has 0 amide bonds. The number of anilines is 1. The van der Waals surface area contributed by atoms with Crippen LogP contribution in [0.3, 0.4) is 0 Å². The summed E-state index contributed by atoms with van der Waals surface area (Å²) >= 11 is 0. The number of nitrogens with two attached hydrogens (primary N) is 1. The van der Waals surface area contributed by atoms with E-state index in [2.05, 4.69) is 0 Å². The fourth-order valence-corrected chi connectivity index (χ4v) is 1.59. The third kappa shape index (κ3) is 4.11. The van der Waals surface area contributed by atoms with E-state index in [0.717, 1.165) is 5.75 Å². The summed E-state index contributed by atoms with van der Waals surface area (Å²) in [5.41, 5.74) is 7.53. The van der Waals surface area contributed by atoms with Gasteiger partial charge in [0.2, 0.25) is 0 Å². The molecule has 0 aliphatic heterocycles. The molecule has 2 aromatic carbocycles. The highest BCUT2D eigenvalue weighted by molar-refractivity contribution is 5.43. The van der Waals surface area contributed by atoms with Crippen LogP contribution in [0.2, 0.25) is 0 Å². The van der Waals surface area contributed by atoms with Crippen LogP contribution in [-0.4, -0.2) is 13.2 Å². The number of hydrogen-bond donors (Lipinski definition) is 1. The average molecular weight is 243 g/mol. The van der Waals surface area contributed by atoms with Crippen molar-refractivity contribution in [2.24, 2.45) is 0 Å². The largest absolute Gasteiger partial charge is 0.491 e. The molecule has 2 aromatic rings. The number of rotatable bonds is 6. The van der Waals surface area contributed by atoms with Gasteiger partial charge >= 0.3 is 0 Å². The van der Waals surface area contributed by atoms with Crippen molar-refractivity contribution >= 4 is 5.69 Å². The Morgan fingerprint density at radius 3 is 2.50 bits per heavy atom. The molecule has 2 N–H and O–H groups in total. The van der Waals surface area contributed by atoms with Crippen molar-refractivity contribution in [2.45, 2.75) is 6.61 Å². The molecule has 0 aliphatic rings. The molecule has 0 heterocycles. The van der Waals surface area contributed by atoms with E-state index in [1.165, 1.54) is 5.56 Å². The predicted octanol–water partition coefficient (Wildman–Crippen LogP) is 2.86. The van der Waals surface area contributed by atoms with Crippen molar-refractivity contribution in [1.82, 2.24) is 0 Å². The van der Waals surface area contributed by atoms with E-state index in [1.54, 1.807) is 6.07 Å². The van der Waals surface area contributed by atoms with E-state index < -0.39 is 0 Å². The molecule has 0 aromatic heterocycles. The van der Waals surface area contributed by atoms with Gasteiger partial charge in [0.25, 0.3) is 0 Å². The molecule has 18 heavy (non-hydrogen) atoms. The van der Waals surface area contributed by atoms with Gasteiger partial charge in [-0.2, -0.15) is 0 Å². The fourth-order valence-electron chi connectivity index (χ4n) is 1.59. The second-order valence-corrected chi connectivity index (χ2v) is 3.96. The first-order valence-corrected chi connectivity index (χ1v) is 5.94. The SMILES string of the molecule is Nc1cccc(OCCOCc2ccccc2)c1. The first-order valence-electron chi connectivity index (χ1n) is 5.94. The van der Waals surface area contributed by atoms with Crippen LogP contribution in [0, 0.1) is 0 Å². The Morgan fingerprint density at radius 2 is 1.72 bits per heavy atom. The van der Waals surface area contributed by atoms with Gasteiger partial charge in [0.1, 0.15) is 12.4 Å². The van der Waals surface area contributed by atoms with E-state index in [9.17, 15) is 0 Å². The van der Waals surface area contributed by atoms with E-state index in [0.29, 0.717) is 25.5 Å². The molecular formula is C15H17NO2. The summed E-state index contributed by atoms with van der Waals surface area (Å²) in [7, 11) is 0. The van der Waals surface area contributed by atoms with Crippen LogP contribution in [-0.2, 0) is 11.3 Å². The van der Waals surface area contributed by atoms with Crippen LogP contribution in [0.5, 0.6) is 5.75 Å². The van der Waals surface area contributed by atoms with Gasteiger partial charge in [-0.3, -0.25) is 0 Å². The molecule has 94 valence electrons. The molecule has 0 atom stereocenters. The van der Waals surface area contributed by atoms with E-state index >= 15 is 0 Å². The molecule has 3 nitrogen and oxygen atoms in total. The van der Waals surface area contributed by atoms with Gasteiger partial charge in [0.15, 0.2) is 0 Å². The highest BCUT2D eigenvalue weighted by Crippen LogP contribution is 2.14. The number of benzene rings is 2. The van der Waals surface area contributed by atoms with Gasteiger partial charge < -0.3 is 15.2 Å². The average Bonchev–Trinajstić information content (AvgIpc) is 2.40. The predicted molar refractivity (Wildman–Crippen MR) is 72.4 cm³/mol. The van der Waals surface area contributed by atoms with Gasteiger partial charge in [0, 0.05) is 11.8 Å². The standard InChI is InChI=1S/C15H17NO2/c16-14-7-4-8-15(11-14)18-10-9-17-12-13-5-2-1-3-6-13/h1-8,11H,9-10,12,16H2. The smallest absolute Gasteiger partial charge is 0.121 e. The Labute approximate surface area is 107 Å². The molecule has 0 spiro atoms. The third-order valence-electron chi connectivity index (χ3n) is 2.47. The summed E-state index contributed by atoms with van der Waals surface area (Å²) in [6.07, 6.45) is 0. The normalized spacial score (nSPS) is 10.2. The highest BCUT2D eigenvalue weighted by atomic mass is 16.5. The Balaban J connectivity index is 1.65. The first kappa shape index (κ1) is 12.5. The van der Waals surface area contributed by atoms with Gasteiger partial charge in [-0.05, 0) is 17.7 Å². The number of ether oxygens (including phenoxy) is 2. The molecular weight excluding hydrogens is 226 g/mol. The van der Waals surface area contributed by atoms with Crippen LogP contribution < -0.4 is 10.5 Å². The summed E-state index contributed by atoms with van der Waals surface area (Å²) in [4.78, 5) is 0.